The van der Waals surface area contributed by atoms with E-state index in [4.69, 9.17) is 0 Å². The maximum Gasteiger partial charge on any atom is 0.0508 e. The molecule has 0 radical (unpaired) electrons. The summed E-state index contributed by atoms with van der Waals surface area (Å²) in [5, 5.41) is 10.1. The fourth-order valence-electron chi connectivity index (χ4n) is 5.89. The van der Waals surface area contributed by atoms with Crippen LogP contribution in [0.25, 0.3) is 74.7 Å². The highest BCUT2D eigenvalue weighted by atomic mass is 32.1. The highest BCUT2D eigenvalue weighted by molar-refractivity contribution is 7.26. The first-order valence-corrected chi connectivity index (χ1v) is 13.3. The first-order valence-electron chi connectivity index (χ1n) is 12.5. The molecular formula is C36H20S. The molecular weight excluding hydrogens is 464 g/mol. The number of fused-ring (bicyclic) bond motifs is 6. The van der Waals surface area contributed by atoms with Crippen LogP contribution in [0.15, 0.2) is 121 Å². The standard InChI is InChI=1S/C36H20S/c1-2-11-24-22-25(21-20-23(24)10-1)34-27-13-3-5-15-29(27)35(30-16-6-4-14-28(30)34)32-18-9-17-31-26-12-7-8-19-33(26)37-36(31)32/h1-6,8-11,13-22H. The molecule has 0 aliphatic rings. The van der Waals surface area contributed by atoms with E-state index in [0.29, 0.717) is 0 Å². The molecule has 0 spiro atoms. The summed E-state index contributed by atoms with van der Waals surface area (Å²) in [6.45, 7) is 0. The molecule has 8 aromatic rings. The average molecular weight is 485 g/mol. The molecule has 0 saturated carbocycles. The summed E-state index contributed by atoms with van der Waals surface area (Å²) in [6.07, 6.45) is 0. The molecule has 0 nitrogen and oxygen atoms in total. The van der Waals surface area contributed by atoms with Gasteiger partial charge in [-0.1, -0.05) is 115 Å². The number of hydrogen-bond donors (Lipinski definition) is 0. The van der Waals surface area contributed by atoms with Crippen LogP contribution >= 0.6 is 11.3 Å². The SMILES string of the molecule is c1ccc2sc3c(-c4c5ccccc5c(-c5ccc6ccccc6c5)c5ccccc45)cccc3c2c#1. The molecule has 0 aliphatic carbocycles. The zero-order valence-corrected chi connectivity index (χ0v) is 20.8. The predicted molar refractivity (Wildman–Crippen MR) is 160 cm³/mol. The highest BCUT2D eigenvalue weighted by Crippen LogP contribution is 2.47. The minimum atomic E-state index is 1.16. The Hall–Kier alpha value is -4.64. The van der Waals surface area contributed by atoms with Crippen molar-refractivity contribution in [3.05, 3.63) is 133 Å². The monoisotopic (exact) mass is 484 g/mol. The molecule has 0 unspecified atom stereocenters. The van der Waals surface area contributed by atoms with Crippen LogP contribution < -0.4 is 0 Å². The molecule has 0 N–H and O–H groups in total. The summed E-state index contributed by atoms with van der Waals surface area (Å²) in [4.78, 5) is 0. The van der Waals surface area contributed by atoms with Crippen LogP contribution in [0.1, 0.15) is 0 Å². The van der Waals surface area contributed by atoms with Crippen LogP contribution in [0.5, 0.6) is 0 Å². The van der Waals surface area contributed by atoms with Crippen molar-refractivity contribution in [2.24, 2.45) is 0 Å². The van der Waals surface area contributed by atoms with Crippen LogP contribution in [0.3, 0.4) is 0 Å². The van der Waals surface area contributed by atoms with Gasteiger partial charge in [0.05, 0.1) is 5.39 Å². The summed E-state index contributed by atoms with van der Waals surface area (Å²) >= 11 is 1.85. The van der Waals surface area contributed by atoms with Crippen molar-refractivity contribution < 1.29 is 0 Å². The van der Waals surface area contributed by atoms with Gasteiger partial charge in [-0.2, -0.15) is 0 Å². The molecule has 37 heavy (non-hydrogen) atoms. The van der Waals surface area contributed by atoms with E-state index in [1.165, 1.54) is 69.4 Å². The molecule has 170 valence electrons. The van der Waals surface area contributed by atoms with Crippen molar-refractivity contribution in [3.8, 4) is 22.3 Å². The lowest BCUT2D eigenvalue weighted by atomic mass is 9.85. The van der Waals surface area contributed by atoms with Crippen LogP contribution in [-0.4, -0.2) is 0 Å². The largest absolute Gasteiger partial charge is 0.134 e. The predicted octanol–water partition coefficient (Wildman–Crippen LogP) is 10.4. The van der Waals surface area contributed by atoms with Gasteiger partial charge in [-0.05, 0) is 67.2 Å². The Kier molecular flexibility index (Phi) is 4.40. The zero-order valence-electron chi connectivity index (χ0n) is 20.0. The van der Waals surface area contributed by atoms with Gasteiger partial charge >= 0.3 is 0 Å². The van der Waals surface area contributed by atoms with Gasteiger partial charge in [-0.25, -0.2) is 0 Å². The van der Waals surface area contributed by atoms with E-state index in [-0.39, 0.29) is 0 Å². The topological polar surface area (TPSA) is 0 Å². The van der Waals surface area contributed by atoms with Gasteiger partial charge in [0.1, 0.15) is 0 Å². The van der Waals surface area contributed by atoms with Crippen molar-refractivity contribution in [3.63, 3.8) is 0 Å². The lowest BCUT2D eigenvalue weighted by Gasteiger charge is -2.18. The third-order valence-electron chi connectivity index (χ3n) is 7.50. The Morgan fingerprint density at radius 3 is 1.92 bits per heavy atom. The molecule has 0 fully saturated rings. The Labute approximate surface area is 219 Å². The molecule has 0 bridgehead atoms. The maximum atomic E-state index is 3.36. The first kappa shape index (κ1) is 20.5. The number of thiophene rings is 1. The summed E-state index contributed by atoms with van der Waals surface area (Å²) in [6, 6.07) is 50.6. The normalized spacial score (nSPS) is 11.6. The minimum Gasteiger partial charge on any atom is -0.134 e. The van der Waals surface area contributed by atoms with Gasteiger partial charge in [-0.3, -0.25) is 0 Å². The van der Waals surface area contributed by atoms with Crippen molar-refractivity contribution in [1.29, 1.82) is 0 Å². The van der Waals surface area contributed by atoms with Gasteiger partial charge < -0.3 is 0 Å². The molecule has 0 amide bonds. The van der Waals surface area contributed by atoms with Crippen molar-refractivity contribution >= 4 is 63.8 Å². The van der Waals surface area contributed by atoms with Gasteiger partial charge in [0.2, 0.25) is 0 Å². The zero-order chi connectivity index (χ0) is 24.3. The smallest absolute Gasteiger partial charge is 0.0508 e. The molecule has 7 aromatic carbocycles. The molecule has 0 saturated heterocycles. The van der Waals surface area contributed by atoms with E-state index in [1.807, 2.05) is 17.4 Å². The minimum absolute atomic E-state index is 1.16. The van der Waals surface area contributed by atoms with E-state index in [9.17, 15) is 0 Å². The quantitative estimate of drug-likeness (QED) is 0.214. The van der Waals surface area contributed by atoms with Crippen molar-refractivity contribution in [2.45, 2.75) is 0 Å². The Morgan fingerprint density at radius 2 is 1.16 bits per heavy atom. The lowest BCUT2D eigenvalue weighted by molar-refractivity contribution is 1.69. The van der Waals surface area contributed by atoms with Crippen LogP contribution in [0.2, 0.25) is 0 Å². The third kappa shape index (κ3) is 3.04. The second-order valence-corrected chi connectivity index (χ2v) is 10.6. The van der Waals surface area contributed by atoms with E-state index in [0.717, 1.165) is 5.39 Å². The fourth-order valence-corrected chi connectivity index (χ4v) is 7.07. The lowest BCUT2D eigenvalue weighted by Crippen LogP contribution is -1.91. The molecule has 8 rings (SSSR count). The van der Waals surface area contributed by atoms with Crippen LogP contribution in [0, 0.1) is 12.1 Å². The number of hydrogen-bond acceptors (Lipinski definition) is 1. The van der Waals surface area contributed by atoms with Crippen LogP contribution in [-0.2, 0) is 0 Å². The summed E-state index contributed by atoms with van der Waals surface area (Å²) in [5.74, 6) is 0. The Balaban J connectivity index is 1.53. The first-order chi connectivity index (χ1) is 18.4. The fraction of sp³-hybridized carbons (Fsp3) is 0. The Morgan fingerprint density at radius 1 is 0.514 bits per heavy atom. The Bertz CT molecular complexity index is 2090. The van der Waals surface area contributed by atoms with Gasteiger partial charge in [0.25, 0.3) is 0 Å². The number of rotatable bonds is 2. The van der Waals surface area contributed by atoms with Crippen LogP contribution in [0.4, 0.5) is 0 Å². The summed E-state index contributed by atoms with van der Waals surface area (Å²) in [7, 11) is 0. The van der Waals surface area contributed by atoms with E-state index < -0.39 is 0 Å². The second kappa shape index (κ2) is 7.93. The summed E-state index contributed by atoms with van der Waals surface area (Å²) in [5.41, 5.74) is 5.14. The van der Waals surface area contributed by atoms with Crippen molar-refractivity contribution in [2.75, 3.05) is 0 Å². The molecule has 1 aromatic heterocycles. The van der Waals surface area contributed by atoms with Gasteiger partial charge in [-0.15, -0.1) is 11.3 Å². The van der Waals surface area contributed by atoms with E-state index in [2.05, 4.69) is 127 Å². The summed E-state index contributed by atoms with van der Waals surface area (Å²) < 4.78 is 2.56. The molecule has 0 aliphatic heterocycles. The highest BCUT2D eigenvalue weighted by Gasteiger charge is 2.19. The molecule has 1 heteroatoms. The second-order valence-electron chi connectivity index (χ2n) is 9.53. The van der Waals surface area contributed by atoms with E-state index in [1.54, 1.807) is 0 Å². The molecule has 0 atom stereocenters. The average Bonchev–Trinajstić information content (AvgIpc) is 3.35. The maximum absolute atomic E-state index is 3.36. The van der Waals surface area contributed by atoms with Crippen molar-refractivity contribution in [1.82, 2.24) is 0 Å². The van der Waals surface area contributed by atoms with Gasteiger partial charge in [0, 0.05) is 20.3 Å². The van der Waals surface area contributed by atoms with Gasteiger partial charge in [0.15, 0.2) is 0 Å². The molecule has 1 heterocycles. The third-order valence-corrected chi connectivity index (χ3v) is 8.70. The number of benzene rings is 6. The van der Waals surface area contributed by atoms with E-state index >= 15 is 0 Å².